The number of anilines is 1. The largest absolute Gasteiger partial charge is 0.388 e. The highest BCUT2D eigenvalue weighted by molar-refractivity contribution is 6.48. The Bertz CT molecular complexity index is 638. The van der Waals surface area contributed by atoms with Crippen LogP contribution in [0.4, 0.5) is 10.1 Å². The lowest BCUT2D eigenvalue weighted by Gasteiger charge is -2.11. The van der Waals surface area contributed by atoms with Gasteiger partial charge in [-0.2, -0.15) is 0 Å². The summed E-state index contributed by atoms with van der Waals surface area (Å²) in [5.74, 6) is -0.365. The Morgan fingerprint density at radius 3 is 2.53 bits per heavy atom. The molecule has 0 unspecified atom stereocenters. The summed E-state index contributed by atoms with van der Waals surface area (Å²) in [6, 6.07) is 10.0. The number of hydrogen-bond acceptors (Lipinski definition) is 1. The van der Waals surface area contributed by atoms with Crippen LogP contribution in [0.1, 0.15) is 5.56 Å². The lowest BCUT2D eigenvalue weighted by Crippen LogP contribution is -1.94. The minimum Gasteiger partial charge on any atom is -0.388 e. The second-order valence-electron chi connectivity index (χ2n) is 4.04. The van der Waals surface area contributed by atoms with Gasteiger partial charge in [0.1, 0.15) is 5.82 Å². The fourth-order valence-corrected chi connectivity index (χ4v) is 2.19. The van der Waals surface area contributed by atoms with E-state index >= 15 is 0 Å². The van der Waals surface area contributed by atoms with Crippen molar-refractivity contribution in [3.8, 4) is 11.1 Å². The van der Waals surface area contributed by atoms with Crippen LogP contribution in [0.15, 0.2) is 43.0 Å². The fraction of sp³-hybridized carbons (Fsp3) is 0.0667. The highest BCUT2D eigenvalue weighted by Crippen LogP contribution is 2.32. The highest BCUT2D eigenvalue weighted by atomic mass is 35.5. The van der Waals surface area contributed by atoms with Crippen molar-refractivity contribution in [3.63, 3.8) is 0 Å². The molecule has 1 nitrogen and oxygen atoms in total. The second kappa shape index (κ2) is 5.64. The van der Waals surface area contributed by atoms with Crippen molar-refractivity contribution in [1.82, 2.24) is 0 Å². The Morgan fingerprint density at radius 1 is 1.21 bits per heavy atom. The quantitative estimate of drug-likeness (QED) is 0.800. The number of rotatable bonds is 3. The molecular formula is C15H12Cl2FN. The number of halogens is 3. The van der Waals surface area contributed by atoms with E-state index in [4.69, 9.17) is 23.2 Å². The van der Waals surface area contributed by atoms with E-state index in [-0.39, 0.29) is 5.82 Å². The van der Waals surface area contributed by atoms with Gasteiger partial charge in [-0.25, -0.2) is 4.39 Å². The number of benzene rings is 2. The minimum atomic E-state index is -0.365. The van der Waals surface area contributed by atoms with Gasteiger partial charge in [-0.3, -0.25) is 0 Å². The molecule has 0 radical (unpaired) electrons. The molecule has 0 aliphatic rings. The zero-order chi connectivity index (χ0) is 14.0. The maximum absolute atomic E-state index is 13.9. The predicted octanol–water partition coefficient (Wildman–Crippen LogP) is 5.40. The van der Waals surface area contributed by atoms with Crippen LogP contribution >= 0.6 is 23.2 Å². The van der Waals surface area contributed by atoms with Gasteiger partial charge in [-0.15, -0.1) is 0 Å². The van der Waals surface area contributed by atoms with Crippen LogP contribution in [0.5, 0.6) is 0 Å². The van der Waals surface area contributed by atoms with E-state index in [9.17, 15) is 4.39 Å². The number of hydrogen-bond donors (Lipinski definition) is 1. The monoisotopic (exact) mass is 295 g/mol. The zero-order valence-corrected chi connectivity index (χ0v) is 11.8. The molecule has 0 atom stereocenters. The average molecular weight is 296 g/mol. The molecule has 2 aromatic rings. The van der Waals surface area contributed by atoms with Gasteiger partial charge in [0.05, 0.1) is 0 Å². The minimum absolute atomic E-state index is 0.365. The van der Waals surface area contributed by atoms with Crippen LogP contribution in [-0.4, -0.2) is 7.05 Å². The van der Waals surface area contributed by atoms with Crippen molar-refractivity contribution < 1.29 is 4.39 Å². The highest BCUT2D eigenvalue weighted by Gasteiger charge is 2.10. The van der Waals surface area contributed by atoms with Crippen molar-refractivity contribution in [2.45, 2.75) is 0 Å². The van der Waals surface area contributed by atoms with Crippen LogP contribution in [-0.2, 0) is 0 Å². The van der Waals surface area contributed by atoms with Crippen molar-refractivity contribution in [3.05, 3.63) is 59.4 Å². The molecule has 0 bridgehead atoms. The molecule has 0 aliphatic heterocycles. The van der Waals surface area contributed by atoms with Crippen molar-refractivity contribution in [2.24, 2.45) is 0 Å². The number of nitrogens with one attached hydrogen (secondary N) is 1. The van der Waals surface area contributed by atoms with Gasteiger partial charge >= 0.3 is 0 Å². The molecule has 0 saturated heterocycles. The van der Waals surface area contributed by atoms with Gasteiger partial charge < -0.3 is 5.32 Å². The van der Waals surface area contributed by atoms with Crippen molar-refractivity contribution in [2.75, 3.05) is 12.4 Å². The molecule has 2 aromatic carbocycles. The molecule has 98 valence electrons. The van der Waals surface area contributed by atoms with Gasteiger partial charge in [-0.1, -0.05) is 35.8 Å². The molecule has 0 aliphatic carbocycles. The molecule has 0 heterocycles. The smallest absolute Gasteiger partial charge is 0.132 e. The first kappa shape index (κ1) is 13.9. The summed E-state index contributed by atoms with van der Waals surface area (Å²) in [5.41, 5.74) is 2.80. The molecule has 0 saturated carbocycles. The summed E-state index contributed by atoms with van der Waals surface area (Å²) >= 11 is 11.7. The lowest BCUT2D eigenvalue weighted by molar-refractivity contribution is 0.631. The molecule has 4 heteroatoms. The average Bonchev–Trinajstić information content (AvgIpc) is 2.38. The first-order valence-electron chi connectivity index (χ1n) is 5.65. The third-order valence-corrected chi connectivity index (χ3v) is 3.26. The first-order valence-corrected chi connectivity index (χ1v) is 6.40. The summed E-state index contributed by atoms with van der Waals surface area (Å²) in [4.78, 5) is 0. The Kier molecular flexibility index (Phi) is 4.13. The second-order valence-corrected chi connectivity index (χ2v) is 4.93. The molecular weight excluding hydrogens is 284 g/mol. The van der Waals surface area contributed by atoms with Gasteiger partial charge in [0.2, 0.25) is 0 Å². The SMILES string of the molecule is C=C(Cl)c1cc(-c2ccc(Cl)cc2F)ccc1NC. The summed E-state index contributed by atoms with van der Waals surface area (Å²) in [6.07, 6.45) is 0. The van der Waals surface area contributed by atoms with Crippen LogP contribution in [0.25, 0.3) is 16.2 Å². The molecule has 0 amide bonds. The van der Waals surface area contributed by atoms with E-state index in [2.05, 4.69) is 11.9 Å². The summed E-state index contributed by atoms with van der Waals surface area (Å²) in [6.45, 7) is 3.72. The standard InChI is InChI=1S/C15H12Cl2FN/c1-9(16)13-7-10(3-6-15(13)19-2)12-5-4-11(17)8-14(12)18/h3-8,19H,1H2,2H3. The van der Waals surface area contributed by atoms with E-state index in [1.165, 1.54) is 6.07 Å². The van der Waals surface area contributed by atoms with Gasteiger partial charge in [-0.05, 0) is 35.9 Å². The lowest BCUT2D eigenvalue weighted by atomic mass is 10.0. The van der Waals surface area contributed by atoms with E-state index in [0.717, 1.165) is 16.8 Å². The molecule has 0 spiro atoms. The van der Waals surface area contributed by atoms with E-state index in [0.29, 0.717) is 15.6 Å². The topological polar surface area (TPSA) is 12.0 Å². The Hall–Kier alpha value is -1.51. The maximum Gasteiger partial charge on any atom is 0.132 e. The molecule has 0 aromatic heterocycles. The van der Waals surface area contributed by atoms with Crippen LogP contribution in [0.2, 0.25) is 5.02 Å². The van der Waals surface area contributed by atoms with E-state index < -0.39 is 0 Å². The summed E-state index contributed by atoms with van der Waals surface area (Å²) in [5, 5.41) is 3.79. The van der Waals surface area contributed by atoms with Crippen LogP contribution < -0.4 is 5.32 Å². The predicted molar refractivity (Wildman–Crippen MR) is 81.3 cm³/mol. The van der Waals surface area contributed by atoms with Crippen molar-refractivity contribution >= 4 is 33.9 Å². The Labute approximate surface area is 121 Å². The Balaban J connectivity index is 2.57. The van der Waals surface area contributed by atoms with E-state index in [1.54, 1.807) is 25.2 Å². The van der Waals surface area contributed by atoms with Gasteiger partial charge in [0.15, 0.2) is 0 Å². The molecule has 19 heavy (non-hydrogen) atoms. The molecule has 0 fully saturated rings. The third-order valence-electron chi connectivity index (χ3n) is 2.82. The molecule has 2 rings (SSSR count). The summed E-state index contributed by atoms with van der Waals surface area (Å²) in [7, 11) is 1.79. The zero-order valence-electron chi connectivity index (χ0n) is 10.3. The normalized spacial score (nSPS) is 10.3. The Morgan fingerprint density at radius 2 is 1.95 bits per heavy atom. The van der Waals surface area contributed by atoms with E-state index in [1.807, 2.05) is 12.1 Å². The van der Waals surface area contributed by atoms with Crippen LogP contribution in [0.3, 0.4) is 0 Å². The third kappa shape index (κ3) is 2.91. The maximum atomic E-state index is 13.9. The molecule has 1 N–H and O–H groups in total. The van der Waals surface area contributed by atoms with Gasteiger partial charge in [0, 0.05) is 33.9 Å². The first-order chi connectivity index (χ1) is 9.02. The summed E-state index contributed by atoms with van der Waals surface area (Å²) < 4.78 is 13.9. The van der Waals surface area contributed by atoms with Crippen molar-refractivity contribution in [1.29, 1.82) is 0 Å². The fourth-order valence-electron chi connectivity index (χ4n) is 1.88. The van der Waals surface area contributed by atoms with Crippen LogP contribution in [0, 0.1) is 5.82 Å². The van der Waals surface area contributed by atoms with Gasteiger partial charge in [0.25, 0.3) is 0 Å².